The topological polar surface area (TPSA) is 35.6 Å². The Morgan fingerprint density at radius 3 is 2.30 bits per heavy atom. The van der Waals surface area contributed by atoms with Crippen molar-refractivity contribution in [2.24, 2.45) is 11.8 Å². The van der Waals surface area contributed by atoms with Gasteiger partial charge in [-0.15, -0.1) is 0 Å². The van der Waals surface area contributed by atoms with Crippen molar-refractivity contribution in [1.82, 2.24) is 15.1 Å². The highest BCUT2D eigenvalue weighted by atomic mass is 16.1. The summed E-state index contributed by atoms with van der Waals surface area (Å²) in [6.07, 6.45) is 9.23. The fourth-order valence-electron chi connectivity index (χ4n) is 4.13. The third kappa shape index (κ3) is 6.42. The highest BCUT2D eigenvalue weighted by Gasteiger charge is 2.26. The Labute approximate surface area is 143 Å². The maximum absolute atomic E-state index is 12.3. The van der Waals surface area contributed by atoms with Crippen LogP contribution >= 0.6 is 0 Å². The van der Waals surface area contributed by atoms with Gasteiger partial charge >= 0.3 is 0 Å². The fourth-order valence-corrected chi connectivity index (χ4v) is 4.13. The molecule has 1 aliphatic heterocycles. The minimum atomic E-state index is 0.245. The Kier molecular flexibility index (Phi) is 8.38. The fraction of sp³-hybridized carbons (Fsp3) is 0.947. The number of hydrogen-bond acceptors (Lipinski definition) is 3. The SMILES string of the molecule is CCN(CC)CCNC(=O)C1CCN(CC2CCCCC2)CC1. The third-order valence-electron chi connectivity index (χ3n) is 5.82. The molecule has 1 saturated carbocycles. The zero-order chi connectivity index (χ0) is 16.5. The van der Waals surface area contributed by atoms with Crippen LogP contribution < -0.4 is 5.32 Å². The highest BCUT2D eigenvalue weighted by molar-refractivity contribution is 5.78. The molecule has 0 aromatic heterocycles. The monoisotopic (exact) mass is 323 g/mol. The van der Waals surface area contributed by atoms with Crippen LogP contribution in [-0.4, -0.2) is 61.5 Å². The lowest BCUT2D eigenvalue weighted by Crippen LogP contribution is -2.43. The first kappa shape index (κ1) is 18.7. The van der Waals surface area contributed by atoms with Gasteiger partial charge in [0.15, 0.2) is 0 Å². The van der Waals surface area contributed by atoms with Crippen LogP contribution in [0.3, 0.4) is 0 Å². The molecule has 1 aliphatic carbocycles. The van der Waals surface area contributed by atoms with Crippen LogP contribution in [0.4, 0.5) is 0 Å². The summed E-state index contributed by atoms with van der Waals surface area (Å²) in [5.41, 5.74) is 0. The van der Waals surface area contributed by atoms with Crippen molar-refractivity contribution in [2.75, 3.05) is 45.8 Å². The van der Waals surface area contributed by atoms with Crippen LogP contribution in [0.15, 0.2) is 0 Å². The predicted octanol–water partition coefficient (Wildman–Crippen LogP) is 2.74. The van der Waals surface area contributed by atoms with Crippen LogP contribution in [-0.2, 0) is 4.79 Å². The van der Waals surface area contributed by atoms with Gasteiger partial charge < -0.3 is 15.1 Å². The van der Waals surface area contributed by atoms with E-state index in [1.54, 1.807) is 0 Å². The molecule has 0 aromatic rings. The second kappa shape index (κ2) is 10.3. The molecule has 1 saturated heterocycles. The van der Waals surface area contributed by atoms with Crippen molar-refractivity contribution < 1.29 is 4.79 Å². The van der Waals surface area contributed by atoms with Crippen molar-refractivity contribution in [3.8, 4) is 0 Å². The Balaban J connectivity index is 1.60. The average molecular weight is 324 g/mol. The summed E-state index contributed by atoms with van der Waals surface area (Å²) in [5, 5.41) is 3.15. The smallest absolute Gasteiger partial charge is 0.223 e. The summed E-state index contributed by atoms with van der Waals surface area (Å²) in [7, 11) is 0. The quantitative estimate of drug-likeness (QED) is 0.746. The second-order valence-electron chi connectivity index (χ2n) is 7.40. The number of nitrogens with one attached hydrogen (secondary N) is 1. The van der Waals surface area contributed by atoms with Gasteiger partial charge in [-0.1, -0.05) is 33.1 Å². The van der Waals surface area contributed by atoms with Gasteiger partial charge in [0.1, 0.15) is 0 Å². The molecule has 0 radical (unpaired) electrons. The van der Waals surface area contributed by atoms with Crippen LogP contribution in [0.5, 0.6) is 0 Å². The number of amides is 1. The van der Waals surface area contributed by atoms with Crippen molar-refractivity contribution in [2.45, 2.75) is 58.8 Å². The first-order valence-electron chi connectivity index (χ1n) is 9.95. The van der Waals surface area contributed by atoms with E-state index in [-0.39, 0.29) is 11.8 Å². The maximum Gasteiger partial charge on any atom is 0.223 e. The zero-order valence-corrected chi connectivity index (χ0v) is 15.4. The molecular weight excluding hydrogens is 286 g/mol. The molecule has 0 bridgehead atoms. The normalized spacial score (nSPS) is 21.7. The summed E-state index contributed by atoms with van der Waals surface area (Å²) in [6.45, 7) is 11.7. The average Bonchev–Trinajstić information content (AvgIpc) is 2.60. The van der Waals surface area contributed by atoms with E-state index in [0.717, 1.165) is 58.0 Å². The summed E-state index contributed by atoms with van der Waals surface area (Å²) < 4.78 is 0. The molecule has 23 heavy (non-hydrogen) atoms. The van der Waals surface area contributed by atoms with E-state index in [9.17, 15) is 4.79 Å². The summed E-state index contributed by atoms with van der Waals surface area (Å²) in [5.74, 6) is 1.45. The van der Waals surface area contributed by atoms with Crippen molar-refractivity contribution in [3.63, 3.8) is 0 Å². The molecule has 2 fully saturated rings. The predicted molar refractivity (Wildman–Crippen MR) is 96.5 cm³/mol. The van der Waals surface area contributed by atoms with Gasteiger partial charge in [0.2, 0.25) is 5.91 Å². The van der Waals surface area contributed by atoms with Crippen LogP contribution in [0, 0.1) is 11.8 Å². The van der Waals surface area contributed by atoms with Gasteiger partial charge in [-0.05, 0) is 57.8 Å². The number of piperidine rings is 1. The van der Waals surface area contributed by atoms with Crippen molar-refractivity contribution in [1.29, 1.82) is 0 Å². The molecule has 0 atom stereocenters. The number of nitrogens with zero attached hydrogens (tertiary/aromatic N) is 2. The van der Waals surface area contributed by atoms with Gasteiger partial charge in [0.25, 0.3) is 0 Å². The zero-order valence-electron chi connectivity index (χ0n) is 15.4. The second-order valence-corrected chi connectivity index (χ2v) is 7.40. The molecular formula is C19H37N3O. The molecule has 1 amide bonds. The van der Waals surface area contributed by atoms with Gasteiger partial charge in [0.05, 0.1) is 0 Å². The van der Waals surface area contributed by atoms with E-state index in [4.69, 9.17) is 0 Å². The lowest BCUT2D eigenvalue weighted by molar-refractivity contribution is -0.126. The summed E-state index contributed by atoms with van der Waals surface area (Å²) in [4.78, 5) is 17.3. The lowest BCUT2D eigenvalue weighted by Gasteiger charge is -2.35. The molecule has 4 nitrogen and oxygen atoms in total. The maximum atomic E-state index is 12.3. The summed E-state index contributed by atoms with van der Waals surface area (Å²) in [6, 6.07) is 0. The molecule has 2 aliphatic rings. The van der Waals surface area contributed by atoms with Crippen LogP contribution in [0.1, 0.15) is 58.8 Å². The van der Waals surface area contributed by atoms with Gasteiger partial charge in [-0.2, -0.15) is 0 Å². The van der Waals surface area contributed by atoms with Crippen LogP contribution in [0.25, 0.3) is 0 Å². The van der Waals surface area contributed by atoms with E-state index in [1.165, 1.54) is 38.6 Å². The molecule has 0 spiro atoms. The number of carbonyl (C=O) groups is 1. The minimum Gasteiger partial charge on any atom is -0.355 e. The number of likely N-dealkylation sites (tertiary alicyclic amines) is 1. The van der Waals surface area contributed by atoms with Gasteiger partial charge in [-0.3, -0.25) is 4.79 Å². The first-order valence-corrected chi connectivity index (χ1v) is 9.95. The minimum absolute atomic E-state index is 0.245. The van der Waals surface area contributed by atoms with E-state index < -0.39 is 0 Å². The van der Waals surface area contributed by atoms with Gasteiger partial charge in [-0.25, -0.2) is 0 Å². The van der Waals surface area contributed by atoms with Crippen LogP contribution in [0.2, 0.25) is 0 Å². The Hall–Kier alpha value is -0.610. The van der Waals surface area contributed by atoms with Crippen molar-refractivity contribution in [3.05, 3.63) is 0 Å². The lowest BCUT2D eigenvalue weighted by atomic mass is 9.88. The number of rotatable bonds is 8. The Morgan fingerprint density at radius 2 is 1.70 bits per heavy atom. The molecule has 4 heteroatoms. The first-order chi connectivity index (χ1) is 11.2. The molecule has 0 aromatic carbocycles. The molecule has 2 rings (SSSR count). The van der Waals surface area contributed by atoms with E-state index >= 15 is 0 Å². The molecule has 0 unspecified atom stereocenters. The number of carbonyl (C=O) groups excluding carboxylic acids is 1. The van der Waals surface area contributed by atoms with Gasteiger partial charge in [0, 0.05) is 25.6 Å². The van der Waals surface area contributed by atoms with E-state index in [0.29, 0.717) is 0 Å². The number of likely N-dealkylation sites (N-methyl/N-ethyl adjacent to an activating group) is 1. The van der Waals surface area contributed by atoms with E-state index in [1.807, 2.05) is 0 Å². The third-order valence-corrected chi connectivity index (χ3v) is 5.82. The molecule has 1 heterocycles. The van der Waals surface area contributed by atoms with E-state index in [2.05, 4.69) is 29.0 Å². The standard InChI is InChI=1S/C19H37N3O/c1-3-21(4-2)15-12-20-19(23)18-10-13-22(14-11-18)16-17-8-6-5-7-9-17/h17-18H,3-16H2,1-2H3,(H,20,23). The highest BCUT2D eigenvalue weighted by Crippen LogP contribution is 2.26. The largest absolute Gasteiger partial charge is 0.355 e. The molecule has 1 N–H and O–H groups in total. The van der Waals surface area contributed by atoms with Crippen molar-refractivity contribution >= 4 is 5.91 Å². The molecule has 134 valence electrons. The number of hydrogen-bond donors (Lipinski definition) is 1. The Bertz CT molecular complexity index is 330. The Morgan fingerprint density at radius 1 is 1.04 bits per heavy atom. The summed E-state index contributed by atoms with van der Waals surface area (Å²) >= 11 is 0.